The van der Waals surface area contributed by atoms with Crippen LogP contribution in [0, 0.1) is 0 Å². The second-order valence-electron chi connectivity index (χ2n) is 9.18. The first kappa shape index (κ1) is 29.1. The van der Waals surface area contributed by atoms with Crippen molar-refractivity contribution >= 4 is 61.5 Å². The number of carbonyl (C=O) groups excluding carboxylic acids is 3. The van der Waals surface area contributed by atoms with E-state index in [-0.39, 0.29) is 11.3 Å². The predicted octanol–water partition coefficient (Wildman–Crippen LogP) is 7.04. The minimum Gasteiger partial charge on any atom is -0.493 e. The predicted molar refractivity (Wildman–Crippen MR) is 165 cm³/mol. The third-order valence-electron chi connectivity index (χ3n) is 6.30. The molecule has 0 spiro atoms. The summed E-state index contributed by atoms with van der Waals surface area (Å²) in [5.41, 5.74) is 2.54. The van der Waals surface area contributed by atoms with Gasteiger partial charge in [-0.25, -0.2) is 9.69 Å². The first-order valence-corrected chi connectivity index (χ1v) is 14.3. The first-order chi connectivity index (χ1) is 20.3. The molecule has 1 heterocycles. The molecule has 4 amide bonds. The van der Waals surface area contributed by atoms with Crippen LogP contribution < -0.4 is 24.4 Å². The van der Waals surface area contributed by atoms with Gasteiger partial charge in [0.15, 0.2) is 11.5 Å². The number of anilines is 1. The fraction of sp³-hybridized carbons (Fsp3) is 0.0938. The lowest BCUT2D eigenvalue weighted by Gasteiger charge is -2.26. The summed E-state index contributed by atoms with van der Waals surface area (Å²) in [6, 6.07) is 26.4. The third kappa shape index (κ3) is 6.72. The summed E-state index contributed by atoms with van der Waals surface area (Å²) in [6.45, 7) is 0.675. The molecule has 1 aliphatic rings. The minimum atomic E-state index is -0.839. The molecule has 0 aliphatic carbocycles. The standard InChI is InChI=1S/C32H24Br2N2O6/c1-40-28-17-22(16-27(34)29(28)42-19-20-5-3-2-4-6-20)15-26-30(37)35-32(39)36(31(26)38)24-11-13-25(14-12-24)41-18-21-7-9-23(33)10-8-21/h2-17H,18-19H2,1H3,(H,35,37,39)/b26-15+. The highest BCUT2D eigenvalue weighted by Gasteiger charge is 2.37. The van der Waals surface area contributed by atoms with Crippen LogP contribution in [0.25, 0.3) is 6.08 Å². The zero-order valence-electron chi connectivity index (χ0n) is 22.3. The van der Waals surface area contributed by atoms with Gasteiger partial charge in [-0.15, -0.1) is 0 Å². The van der Waals surface area contributed by atoms with Crippen LogP contribution >= 0.6 is 31.9 Å². The lowest BCUT2D eigenvalue weighted by atomic mass is 10.1. The third-order valence-corrected chi connectivity index (χ3v) is 7.42. The number of ether oxygens (including phenoxy) is 3. The number of carbonyl (C=O) groups is 3. The van der Waals surface area contributed by atoms with Gasteiger partial charge in [-0.05, 0) is 87.2 Å². The van der Waals surface area contributed by atoms with Crippen molar-refractivity contribution in [1.82, 2.24) is 5.32 Å². The normalized spacial score (nSPS) is 14.1. The number of rotatable bonds is 9. The Kier molecular flexibility index (Phi) is 9.04. The molecule has 4 aromatic rings. The van der Waals surface area contributed by atoms with Crippen LogP contribution in [-0.4, -0.2) is 25.0 Å². The largest absolute Gasteiger partial charge is 0.493 e. The van der Waals surface area contributed by atoms with Gasteiger partial charge in [-0.3, -0.25) is 14.9 Å². The molecule has 8 nitrogen and oxygen atoms in total. The van der Waals surface area contributed by atoms with Gasteiger partial charge in [0.2, 0.25) is 0 Å². The number of urea groups is 1. The maximum atomic E-state index is 13.4. The van der Waals surface area contributed by atoms with Crippen molar-refractivity contribution in [2.45, 2.75) is 13.2 Å². The SMILES string of the molecule is COc1cc(/C=C2\C(=O)NC(=O)N(c3ccc(OCc4ccc(Br)cc4)cc3)C2=O)cc(Br)c1OCc1ccccc1. The van der Waals surface area contributed by atoms with E-state index in [2.05, 4.69) is 37.2 Å². The number of halogens is 2. The zero-order valence-corrected chi connectivity index (χ0v) is 25.5. The molecular weight excluding hydrogens is 668 g/mol. The van der Waals surface area contributed by atoms with Crippen molar-refractivity contribution in [3.63, 3.8) is 0 Å². The van der Waals surface area contributed by atoms with Crippen molar-refractivity contribution in [3.8, 4) is 17.2 Å². The van der Waals surface area contributed by atoms with Gasteiger partial charge in [0.25, 0.3) is 11.8 Å². The van der Waals surface area contributed by atoms with Crippen LogP contribution in [0.1, 0.15) is 16.7 Å². The molecule has 1 fully saturated rings. The molecule has 0 radical (unpaired) electrons. The Hall–Kier alpha value is -4.41. The molecule has 0 bridgehead atoms. The highest BCUT2D eigenvalue weighted by atomic mass is 79.9. The van der Waals surface area contributed by atoms with E-state index in [1.165, 1.54) is 13.2 Å². The summed E-state index contributed by atoms with van der Waals surface area (Å²) in [6.07, 6.45) is 1.40. The van der Waals surface area contributed by atoms with E-state index < -0.39 is 17.8 Å². The Morgan fingerprint density at radius 1 is 0.810 bits per heavy atom. The molecule has 1 saturated heterocycles. The molecule has 0 saturated carbocycles. The maximum Gasteiger partial charge on any atom is 0.335 e. The number of methoxy groups -OCH3 is 1. The molecular formula is C32H24Br2N2O6. The van der Waals surface area contributed by atoms with Gasteiger partial charge in [0.1, 0.15) is 24.5 Å². The van der Waals surface area contributed by atoms with Gasteiger partial charge in [0.05, 0.1) is 17.3 Å². The van der Waals surface area contributed by atoms with E-state index in [0.29, 0.717) is 40.5 Å². The van der Waals surface area contributed by atoms with Crippen LogP contribution in [0.3, 0.4) is 0 Å². The highest BCUT2D eigenvalue weighted by Crippen LogP contribution is 2.38. The fourth-order valence-corrected chi connectivity index (χ4v) is 5.03. The van der Waals surface area contributed by atoms with Crippen molar-refractivity contribution in [3.05, 3.63) is 122 Å². The van der Waals surface area contributed by atoms with Crippen LogP contribution in [0.4, 0.5) is 10.5 Å². The number of nitrogens with one attached hydrogen (secondary N) is 1. The molecule has 0 aromatic heterocycles. The van der Waals surface area contributed by atoms with E-state index in [1.54, 1.807) is 36.4 Å². The van der Waals surface area contributed by atoms with Gasteiger partial charge in [0, 0.05) is 4.47 Å². The quantitative estimate of drug-likeness (QED) is 0.149. The van der Waals surface area contributed by atoms with E-state index in [1.807, 2.05) is 54.6 Å². The lowest BCUT2D eigenvalue weighted by molar-refractivity contribution is -0.122. The number of imide groups is 2. The smallest absolute Gasteiger partial charge is 0.335 e. The Labute approximate surface area is 259 Å². The minimum absolute atomic E-state index is 0.211. The van der Waals surface area contributed by atoms with Crippen LogP contribution in [-0.2, 0) is 22.8 Å². The van der Waals surface area contributed by atoms with Gasteiger partial charge in [-0.2, -0.15) is 0 Å². The number of amides is 4. The Morgan fingerprint density at radius 3 is 2.17 bits per heavy atom. The summed E-state index contributed by atoms with van der Waals surface area (Å²) in [7, 11) is 1.50. The summed E-state index contributed by atoms with van der Waals surface area (Å²) < 4.78 is 18.9. The van der Waals surface area contributed by atoms with Gasteiger partial charge < -0.3 is 14.2 Å². The first-order valence-electron chi connectivity index (χ1n) is 12.8. The average molecular weight is 692 g/mol. The van der Waals surface area contributed by atoms with Crippen LogP contribution in [0.2, 0.25) is 0 Å². The number of barbiturate groups is 1. The molecule has 4 aromatic carbocycles. The van der Waals surface area contributed by atoms with E-state index in [4.69, 9.17) is 14.2 Å². The second-order valence-corrected chi connectivity index (χ2v) is 10.9. The highest BCUT2D eigenvalue weighted by molar-refractivity contribution is 9.10. The summed E-state index contributed by atoms with van der Waals surface area (Å²) in [4.78, 5) is 39.7. The van der Waals surface area contributed by atoms with Crippen molar-refractivity contribution in [2.24, 2.45) is 0 Å². The fourth-order valence-electron chi connectivity index (χ4n) is 4.19. The number of benzene rings is 4. The second kappa shape index (κ2) is 13.1. The molecule has 1 N–H and O–H groups in total. The summed E-state index contributed by atoms with van der Waals surface area (Å²) in [5, 5.41) is 2.24. The molecule has 212 valence electrons. The van der Waals surface area contributed by atoms with Crippen LogP contribution in [0.15, 0.2) is 106 Å². The monoisotopic (exact) mass is 690 g/mol. The average Bonchev–Trinajstić information content (AvgIpc) is 2.99. The van der Waals surface area contributed by atoms with Crippen LogP contribution in [0.5, 0.6) is 17.2 Å². The Balaban J connectivity index is 1.34. The number of hydrogen-bond donors (Lipinski definition) is 1. The molecule has 1 aliphatic heterocycles. The Morgan fingerprint density at radius 2 is 1.48 bits per heavy atom. The van der Waals surface area contributed by atoms with Gasteiger partial charge >= 0.3 is 6.03 Å². The van der Waals surface area contributed by atoms with E-state index in [9.17, 15) is 14.4 Å². The van der Waals surface area contributed by atoms with Crippen molar-refractivity contribution in [1.29, 1.82) is 0 Å². The van der Waals surface area contributed by atoms with Crippen molar-refractivity contribution in [2.75, 3.05) is 12.0 Å². The maximum absolute atomic E-state index is 13.4. The molecule has 0 atom stereocenters. The molecule has 42 heavy (non-hydrogen) atoms. The van der Waals surface area contributed by atoms with E-state index in [0.717, 1.165) is 20.5 Å². The van der Waals surface area contributed by atoms with E-state index >= 15 is 0 Å². The number of hydrogen-bond acceptors (Lipinski definition) is 6. The summed E-state index contributed by atoms with van der Waals surface area (Å²) >= 11 is 6.91. The topological polar surface area (TPSA) is 94.2 Å². The zero-order chi connectivity index (χ0) is 29.6. The lowest BCUT2D eigenvalue weighted by Crippen LogP contribution is -2.54. The Bertz CT molecular complexity index is 1660. The van der Waals surface area contributed by atoms with Crippen molar-refractivity contribution < 1.29 is 28.6 Å². The molecule has 0 unspecified atom stereocenters. The summed E-state index contributed by atoms with van der Waals surface area (Å²) in [5.74, 6) is -0.114. The molecule has 5 rings (SSSR count). The molecule has 10 heteroatoms. The number of nitrogens with zero attached hydrogens (tertiary/aromatic N) is 1. The van der Waals surface area contributed by atoms with Gasteiger partial charge in [-0.1, -0.05) is 58.4 Å².